The van der Waals surface area contributed by atoms with Gasteiger partial charge in [-0.15, -0.1) is 0 Å². The molecule has 1 aliphatic heterocycles. The van der Waals surface area contributed by atoms with Gasteiger partial charge in [0.2, 0.25) is 0 Å². The minimum Gasteiger partial charge on any atom is -0.459 e. The molecule has 0 radical (unpaired) electrons. The lowest BCUT2D eigenvalue weighted by Gasteiger charge is -2.18. The Hall–Kier alpha value is -1.35. The number of epoxide rings is 1. The van der Waals surface area contributed by atoms with Crippen LogP contribution in [0.5, 0.6) is 0 Å². The second kappa shape index (κ2) is 5.11. The third-order valence-corrected chi connectivity index (χ3v) is 2.73. The zero-order valence-corrected chi connectivity index (χ0v) is 11.2. The van der Waals surface area contributed by atoms with Crippen LogP contribution in [0.2, 0.25) is 0 Å². The molecule has 2 rings (SSSR count). The SMILES string of the molecule is CC(C)(C)Cc1ccc(C(=O)OCC2CO2)cc1. The van der Waals surface area contributed by atoms with E-state index in [9.17, 15) is 4.79 Å². The van der Waals surface area contributed by atoms with Crippen molar-refractivity contribution < 1.29 is 14.3 Å². The van der Waals surface area contributed by atoms with E-state index in [0.29, 0.717) is 18.8 Å². The Balaban J connectivity index is 1.91. The lowest BCUT2D eigenvalue weighted by atomic mass is 9.88. The second-order valence-electron chi connectivity index (χ2n) is 5.99. The molecular weight excluding hydrogens is 228 g/mol. The van der Waals surface area contributed by atoms with Gasteiger partial charge in [-0.2, -0.15) is 0 Å². The number of carbonyl (C=O) groups excluding carboxylic acids is 1. The molecule has 3 heteroatoms. The molecule has 1 unspecified atom stereocenters. The van der Waals surface area contributed by atoms with Crippen molar-refractivity contribution in [2.24, 2.45) is 5.41 Å². The van der Waals surface area contributed by atoms with Crippen molar-refractivity contribution in [3.05, 3.63) is 35.4 Å². The fourth-order valence-electron chi connectivity index (χ4n) is 1.79. The van der Waals surface area contributed by atoms with Crippen molar-refractivity contribution in [3.8, 4) is 0 Å². The van der Waals surface area contributed by atoms with Gasteiger partial charge in [0.15, 0.2) is 0 Å². The van der Waals surface area contributed by atoms with Gasteiger partial charge >= 0.3 is 5.97 Å². The third kappa shape index (κ3) is 4.15. The topological polar surface area (TPSA) is 38.8 Å². The molecule has 1 aromatic carbocycles. The van der Waals surface area contributed by atoms with E-state index in [4.69, 9.17) is 9.47 Å². The van der Waals surface area contributed by atoms with Crippen LogP contribution in [-0.4, -0.2) is 25.3 Å². The fraction of sp³-hybridized carbons (Fsp3) is 0.533. The maximum atomic E-state index is 11.7. The summed E-state index contributed by atoms with van der Waals surface area (Å²) in [6.45, 7) is 7.67. The molecule has 1 saturated heterocycles. The summed E-state index contributed by atoms with van der Waals surface area (Å²) in [6, 6.07) is 7.65. The Bertz CT molecular complexity index is 410. The summed E-state index contributed by atoms with van der Waals surface area (Å²) >= 11 is 0. The first-order chi connectivity index (χ1) is 8.44. The monoisotopic (exact) mass is 248 g/mol. The zero-order valence-electron chi connectivity index (χ0n) is 11.2. The molecule has 1 atom stereocenters. The molecule has 18 heavy (non-hydrogen) atoms. The number of esters is 1. The number of ether oxygens (including phenoxy) is 2. The molecule has 0 aromatic heterocycles. The van der Waals surface area contributed by atoms with Crippen LogP contribution in [0.25, 0.3) is 0 Å². The molecule has 0 spiro atoms. The largest absolute Gasteiger partial charge is 0.459 e. The first kappa shape index (κ1) is 13.1. The van der Waals surface area contributed by atoms with Crippen molar-refractivity contribution >= 4 is 5.97 Å². The van der Waals surface area contributed by atoms with Crippen LogP contribution < -0.4 is 0 Å². The third-order valence-electron chi connectivity index (χ3n) is 2.73. The lowest BCUT2D eigenvalue weighted by Crippen LogP contribution is -2.11. The Kier molecular flexibility index (Phi) is 3.71. The van der Waals surface area contributed by atoms with Crippen LogP contribution in [0.1, 0.15) is 36.7 Å². The molecule has 0 bridgehead atoms. The number of carbonyl (C=O) groups is 1. The van der Waals surface area contributed by atoms with Gasteiger partial charge < -0.3 is 9.47 Å². The van der Waals surface area contributed by atoms with Crippen molar-refractivity contribution in [2.45, 2.75) is 33.3 Å². The smallest absolute Gasteiger partial charge is 0.338 e. The molecule has 1 heterocycles. The van der Waals surface area contributed by atoms with E-state index in [-0.39, 0.29) is 17.5 Å². The summed E-state index contributed by atoms with van der Waals surface area (Å²) in [5.41, 5.74) is 2.10. The molecule has 3 nitrogen and oxygen atoms in total. The summed E-state index contributed by atoms with van der Waals surface area (Å²) < 4.78 is 10.1. The van der Waals surface area contributed by atoms with Gasteiger partial charge in [0.05, 0.1) is 12.2 Å². The van der Waals surface area contributed by atoms with E-state index in [2.05, 4.69) is 20.8 Å². The standard InChI is InChI=1S/C15H20O3/c1-15(2,3)8-11-4-6-12(7-5-11)14(16)18-10-13-9-17-13/h4-7,13H,8-10H2,1-3H3. The minimum atomic E-state index is -0.271. The van der Waals surface area contributed by atoms with Gasteiger partial charge in [0.25, 0.3) is 0 Å². The van der Waals surface area contributed by atoms with Crippen LogP contribution in [0.15, 0.2) is 24.3 Å². The molecule has 0 N–H and O–H groups in total. The summed E-state index contributed by atoms with van der Waals surface area (Å²) in [7, 11) is 0. The van der Waals surface area contributed by atoms with E-state index in [1.54, 1.807) is 0 Å². The first-order valence-corrected chi connectivity index (χ1v) is 6.32. The van der Waals surface area contributed by atoms with E-state index in [0.717, 1.165) is 6.42 Å². The number of hydrogen-bond donors (Lipinski definition) is 0. The van der Waals surface area contributed by atoms with Crippen LogP contribution in [0, 0.1) is 5.41 Å². The van der Waals surface area contributed by atoms with Gasteiger partial charge in [-0.25, -0.2) is 4.79 Å². The predicted octanol–water partition coefficient (Wildman–Crippen LogP) is 2.83. The van der Waals surface area contributed by atoms with Crippen molar-refractivity contribution in [1.82, 2.24) is 0 Å². The normalized spacial score (nSPS) is 18.5. The highest BCUT2D eigenvalue weighted by Gasteiger charge is 2.24. The van der Waals surface area contributed by atoms with E-state index in [1.807, 2.05) is 24.3 Å². The zero-order chi connectivity index (χ0) is 13.2. The second-order valence-corrected chi connectivity index (χ2v) is 5.99. The summed E-state index contributed by atoms with van der Waals surface area (Å²) in [5, 5.41) is 0. The molecule has 1 aromatic rings. The van der Waals surface area contributed by atoms with Gasteiger partial charge in [-0.3, -0.25) is 0 Å². The van der Waals surface area contributed by atoms with E-state index in [1.165, 1.54) is 5.56 Å². The fourth-order valence-corrected chi connectivity index (χ4v) is 1.79. The average molecular weight is 248 g/mol. The van der Waals surface area contributed by atoms with E-state index < -0.39 is 0 Å². The van der Waals surface area contributed by atoms with Crippen molar-refractivity contribution in [2.75, 3.05) is 13.2 Å². The van der Waals surface area contributed by atoms with Crippen molar-refractivity contribution in [3.63, 3.8) is 0 Å². The Morgan fingerprint density at radius 1 is 1.33 bits per heavy atom. The molecular formula is C15H20O3. The highest BCUT2D eigenvalue weighted by Crippen LogP contribution is 2.21. The number of hydrogen-bond acceptors (Lipinski definition) is 3. The molecule has 0 aliphatic carbocycles. The predicted molar refractivity (Wildman–Crippen MR) is 69.6 cm³/mol. The van der Waals surface area contributed by atoms with Crippen LogP contribution >= 0.6 is 0 Å². The quantitative estimate of drug-likeness (QED) is 0.607. The van der Waals surface area contributed by atoms with E-state index >= 15 is 0 Å². The Morgan fingerprint density at radius 3 is 2.44 bits per heavy atom. The van der Waals surface area contributed by atoms with Gasteiger partial charge in [-0.05, 0) is 29.5 Å². The molecule has 98 valence electrons. The van der Waals surface area contributed by atoms with Gasteiger partial charge in [0.1, 0.15) is 12.7 Å². The Labute approximate surface area is 108 Å². The minimum absolute atomic E-state index is 0.120. The maximum Gasteiger partial charge on any atom is 0.338 e. The van der Waals surface area contributed by atoms with Crippen LogP contribution in [0.3, 0.4) is 0 Å². The highest BCUT2D eigenvalue weighted by atomic mass is 16.6. The van der Waals surface area contributed by atoms with Gasteiger partial charge in [-0.1, -0.05) is 32.9 Å². The number of rotatable bonds is 4. The molecule has 1 fully saturated rings. The number of benzene rings is 1. The molecule has 0 amide bonds. The molecule has 0 saturated carbocycles. The summed E-state index contributed by atoms with van der Waals surface area (Å²) in [6.07, 6.45) is 1.12. The Morgan fingerprint density at radius 2 is 1.94 bits per heavy atom. The first-order valence-electron chi connectivity index (χ1n) is 6.32. The van der Waals surface area contributed by atoms with Crippen LogP contribution in [-0.2, 0) is 15.9 Å². The molecule has 1 aliphatic rings. The lowest BCUT2D eigenvalue weighted by molar-refractivity contribution is 0.0476. The van der Waals surface area contributed by atoms with Crippen molar-refractivity contribution in [1.29, 1.82) is 0 Å². The highest BCUT2D eigenvalue weighted by molar-refractivity contribution is 5.89. The average Bonchev–Trinajstić information content (AvgIpc) is 3.08. The maximum absolute atomic E-state index is 11.7. The van der Waals surface area contributed by atoms with Crippen LogP contribution in [0.4, 0.5) is 0 Å². The summed E-state index contributed by atoms with van der Waals surface area (Å²) in [5.74, 6) is -0.271. The van der Waals surface area contributed by atoms with Gasteiger partial charge in [0, 0.05) is 0 Å². The summed E-state index contributed by atoms with van der Waals surface area (Å²) in [4.78, 5) is 11.7.